The zero-order valence-corrected chi connectivity index (χ0v) is 14.6. The summed E-state index contributed by atoms with van der Waals surface area (Å²) in [4.78, 5) is 12.8. The molecule has 0 atom stereocenters. The molecule has 124 valence electrons. The maximum atomic E-state index is 12.8. The Hall–Kier alpha value is -2.98. The Morgan fingerprint density at radius 3 is 2.04 bits per heavy atom. The first kappa shape index (κ1) is 16.9. The highest BCUT2D eigenvalue weighted by Gasteiger charge is 2.13. The third kappa shape index (κ3) is 4.11. The second kappa shape index (κ2) is 7.73. The number of nitrogens with one attached hydrogen (secondary N) is 2. The molecule has 3 nitrogen and oxygen atoms in total. The van der Waals surface area contributed by atoms with Crippen molar-refractivity contribution in [2.75, 3.05) is 10.6 Å². The fraction of sp³-hybridized carbons (Fsp3) is 0.0476. The van der Waals surface area contributed by atoms with Gasteiger partial charge in [-0.1, -0.05) is 60.7 Å². The van der Waals surface area contributed by atoms with Crippen molar-refractivity contribution in [2.24, 2.45) is 0 Å². The molecule has 0 aliphatic heterocycles. The van der Waals surface area contributed by atoms with Crippen LogP contribution >= 0.6 is 12.2 Å². The topological polar surface area (TPSA) is 41.1 Å². The molecule has 0 spiro atoms. The Balaban J connectivity index is 1.81. The van der Waals surface area contributed by atoms with Crippen LogP contribution in [0, 0.1) is 6.92 Å². The van der Waals surface area contributed by atoms with Gasteiger partial charge in [0.05, 0.1) is 5.69 Å². The van der Waals surface area contributed by atoms with Crippen LogP contribution in [0.3, 0.4) is 0 Å². The molecule has 0 aliphatic rings. The average Bonchev–Trinajstić information content (AvgIpc) is 2.64. The fourth-order valence-corrected chi connectivity index (χ4v) is 2.74. The van der Waals surface area contributed by atoms with Crippen molar-refractivity contribution in [1.29, 1.82) is 0 Å². The van der Waals surface area contributed by atoms with E-state index in [1.54, 1.807) is 6.07 Å². The van der Waals surface area contributed by atoms with Gasteiger partial charge in [-0.25, -0.2) is 0 Å². The van der Waals surface area contributed by atoms with E-state index in [2.05, 4.69) is 10.6 Å². The smallest absolute Gasteiger partial charge is 0.195 e. The molecule has 0 unspecified atom stereocenters. The summed E-state index contributed by atoms with van der Waals surface area (Å²) in [5.74, 6) is -0.0395. The van der Waals surface area contributed by atoms with Gasteiger partial charge in [0.25, 0.3) is 0 Å². The van der Waals surface area contributed by atoms with Crippen LogP contribution in [0.2, 0.25) is 0 Å². The zero-order valence-electron chi connectivity index (χ0n) is 13.8. The molecule has 0 saturated carbocycles. The highest BCUT2D eigenvalue weighted by atomic mass is 32.1. The first-order valence-corrected chi connectivity index (χ1v) is 8.38. The van der Waals surface area contributed by atoms with Gasteiger partial charge in [0.15, 0.2) is 10.9 Å². The van der Waals surface area contributed by atoms with Crippen molar-refractivity contribution in [3.8, 4) is 0 Å². The lowest BCUT2D eigenvalue weighted by atomic mass is 10.0. The summed E-state index contributed by atoms with van der Waals surface area (Å²) in [6.45, 7) is 2.01. The predicted molar refractivity (Wildman–Crippen MR) is 107 cm³/mol. The average molecular weight is 346 g/mol. The molecule has 3 aromatic carbocycles. The molecule has 0 saturated heterocycles. The molecule has 25 heavy (non-hydrogen) atoms. The summed E-state index contributed by atoms with van der Waals surface area (Å²) in [5, 5.41) is 6.76. The van der Waals surface area contributed by atoms with Gasteiger partial charge in [-0.3, -0.25) is 4.79 Å². The largest absolute Gasteiger partial charge is 0.332 e. The molecule has 0 radical (unpaired) electrons. The zero-order chi connectivity index (χ0) is 17.6. The number of carbonyl (C=O) groups is 1. The second-order valence-corrected chi connectivity index (χ2v) is 6.04. The van der Waals surface area contributed by atoms with E-state index in [4.69, 9.17) is 12.2 Å². The summed E-state index contributed by atoms with van der Waals surface area (Å²) >= 11 is 5.41. The van der Waals surface area contributed by atoms with E-state index in [9.17, 15) is 4.79 Å². The number of hydrogen-bond donors (Lipinski definition) is 2. The molecule has 3 rings (SSSR count). The molecule has 2 N–H and O–H groups in total. The standard InChI is InChI=1S/C21H18N2OS/c1-15-9-5-7-13-18(15)22-21(25)23-19-14-8-6-12-17(19)20(24)16-10-3-2-4-11-16/h2-14H,1H3,(H2,22,23,25). The SMILES string of the molecule is Cc1ccccc1NC(=S)Nc1ccccc1C(=O)c1ccccc1. The summed E-state index contributed by atoms with van der Waals surface area (Å²) in [6.07, 6.45) is 0. The van der Waals surface area contributed by atoms with Gasteiger partial charge in [-0.15, -0.1) is 0 Å². The van der Waals surface area contributed by atoms with Crippen LogP contribution in [0.15, 0.2) is 78.9 Å². The van der Waals surface area contributed by atoms with Crippen molar-refractivity contribution in [3.05, 3.63) is 95.6 Å². The molecule has 0 bridgehead atoms. The normalized spacial score (nSPS) is 10.1. The minimum absolute atomic E-state index is 0.0395. The van der Waals surface area contributed by atoms with Gasteiger partial charge in [0.2, 0.25) is 0 Å². The molecular weight excluding hydrogens is 328 g/mol. The number of hydrogen-bond acceptors (Lipinski definition) is 2. The maximum Gasteiger partial charge on any atom is 0.195 e. The van der Waals surface area contributed by atoms with E-state index in [-0.39, 0.29) is 5.78 Å². The number of benzene rings is 3. The van der Waals surface area contributed by atoms with Crippen LogP contribution in [0.1, 0.15) is 21.5 Å². The molecule has 0 aliphatic carbocycles. The van der Waals surface area contributed by atoms with Gasteiger partial charge in [-0.2, -0.15) is 0 Å². The van der Waals surface area contributed by atoms with Gasteiger partial charge < -0.3 is 10.6 Å². The number of para-hydroxylation sites is 2. The van der Waals surface area contributed by atoms with E-state index in [1.807, 2.05) is 79.7 Å². The van der Waals surface area contributed by atoms with Gasteiger partial charge in [-0.05, 0) is 42.9 Å². The Labute approximate surface area is 152 Å². The Morgan fingerprint density at radius 1 is 0.760 bits per heavy atom. The van der Waals surface area contributed by atoms with Gasteiger partial charge >= 0.3 is 0 Å². The lowest BCUT2D eigenvalue weighted by Gasteiger charge is -2.15. The third-order valence-electron chi connectivity index (χ3n) is 3.85. The van der Waals surface area contributed by atoms with Crippen molar-refractivity contribution in [1.82, 2.24) is 0 Å². The minimum atomic E-state index is -0.0395. The maximum absolute atomic E-state index is 12.8. The third-order valence-corrected chi connectivity index (χ3v) is 4.05. The number of carbonyl (C=O) groups excluding carboxylic acids is 1. The molecule has 3 aromatic rings. The van der Waals surface area contributed by atoms with Crippen LogP contribution in [-0.4, -0.2) is 10.9 Å². The minimum Gasteiger partial charge on any atom is -0.332 e. The van der Waals surface area contributed by atoms with Crippen molar-refractivity contribution < 1.29 is 4.79 Å². The van der Waals surface area contributed by atoms with Crippen molar-refractivity contribution in [2.45, 2.75) is 6.92 Å². The number of thiocarbonyl (C=S) groups is 1. The van der Waals surface area contributed by atoms with E-state index in [0.717, 1.165) is 11.3 Å². The van der Waals surface area contributed by atoms with E-state index in [0.29, 0.717) is 21.9 Å². The van der Waals surface area contributed by atoms with Gasteiger partial charge in [0, 0.05) is 16.8 Å². The summed E-state index contributed by atoms with van der Waals surface area (Å²) in [7, 11) is 0. The predicted octanol–water partition coefficient (Wildman–Crippen LogP) is 5.03. The van der Waals surface area contributed by atoms with Gasteiger partial charge in [0.1, 0.15) is 0 Å². The molecule has 0 aromatic heterocycles. The van der Waals surface area contributed by atoms with Crippen LogP contribution in [0.5, 0.6) is 0 Å². The molecule has 0 heterocycles. The van der Waals surface area contributed by atoms with Crippen LogP contribution in [0.4, 0.5) is 11.4 Å². The van der Waals surface area contributed by atoms with E-state index >= 15 is 0 Å². The molecule has 0 fully saturated rings. The Bertz CT molecular complexity index is 907. The quantitative estimate of drug-likeness (QED) is 0.513. The first-order chi connectivity index (χ1) is 12.1. The second-order valence-electron chi connectivity index (χ2n) is 5.63. The monoisotopic (exact) mass is 346 g/mol. The lowest BCUT2D eigenvalue weighted by Crippen LogP contribution is -2.21. The van der Waals surface area contributed by atoms with E-state index in [1.165, 1.54) is 0 Å². The Kier molecular flexibility index (Phi) is 5.21. The fourth-order valence-electron chi connectivity index (χ4n) is 2.52. The molecule has 0 amide bonds. The number of aryl methyl sites for hydroxylation is 1. The van der Waals surface area contributed by atoms with Crippen molar-refractivity contribution >= 4 is 34.5 Å². The highest BCUT2D eigenvalue weighted by Crippen LogP contribution is 2.20. The summed E-state index contributed by atoms with van der Waals surface area (Å²) in [6, 6.07) is 24.5. The number of anilines is 2. The molecule has 4 heteroatoms. The van der Waals surface area contributed by atoms with E-state index < -0.39 is 0 Å². The van der Waals surface area contributed by atoms with Crippen LogP contribution < -0.4 is 10.6 Å². The highest BCUT2D eigenvalue weighted by molar-refractivity contribution is 7.80. The molecular formula is C21H18N2OS. The Morgan fingerprint density at radius 2 is 1.32 bits per heavy atom. The van der Waals surface area contributed by atoms with Crippen molar-refractivity contribution in [3.63, 3.8) is 0 Å². The van der Waals surface area contributed by atoms with Crippen LogP contribution in [-0.2, 0) is 0 Å². The number of ketones is 1. The van der Waals surface area contributed by atoms with Crippen LogP contribution in [0.25, 0.3) is 0 Å². The summed E-state index contributed by atoms with van der Waals surface area (Å²) < 4.78 is 0. The first-order valence-electron chi connectivity index (χ1n) is 7.97. The number of rotatable bonds is 4. The lowest BCUT2D eigenvalue weighted by molar-refractivity contribution is 0.103. The summed E-state index contributed by atoms with van der Waals surface area (Å²) in [5.41, 5.74) is 3.95.